The van der Waals surface area contributed by atoms with E-state index in [0.29, 0.717) is 6.61 Å². The van der Waals surface area contributed by atoms with Gasteiger partial charge in [-0.1, -0.05) is 30.9 Å². The quantitative estimate of drug-likeness (QED) is 0.523. The van der Waals surface area contributed by atoms with Crippen LogP contribution in [0, 0.1) is 0 Å². The first kappa shape index (κ1) is 9.81. The molecule has 1 saturated heterocycles. The summed E-state index contributed by atoms with van der Waals surface area (Å²) in [7, 11) is 0. The molecule has 1 heterocycles. The number of hydrogen-bond donors (Lipinski definition) is 0. The van der Waals surface area contributed by atoms with E-state index in [2.05, 4.69) is 11.3 Å². The van der Waals surface area contributed by atoms with Gasteiger partial charge in [-0.15, -0.1) is 0 Å². The van der Waals surface area contributed by atoms with Crippen LogP contribution in [0.15, 0.2) is 43.0 Å². The first-order valence-corrected chi connectivity index (χ1v) is 4.30. The minimum absolute atomic E-state index is 0.573. The second kappa shape index (κ2) is 6.26. The average molecular weight is 178 g/mol. The maximum Gasteiger partial charge on any atom is 0.119 e. The van der Waals surface area contributed by atoms with Gasteiger partial charge in [-0.05, 0) is 12.1 Å². The SMILES string of the molecule is C1CO1.C=CCOc1ccccc1. The number of benzene rings is 1. The average Bonchev–Trinajstić information content (AvgIpc) is 3.03. The normalized spacial score (nSPS) is 12.3. The first-order valence-electron chi connectivity index (χ1n) is 4.30. The molecule has 0 amide bonds. The van der Waals surface area contributed by atoms with Crippen molar-refractivity contribution in [3.63, 3.8) is 0 Å². The Labute approximate surface area is 78.8 Å². The number of para-hydroxylation sites is 1. The third-order valence-corrected chi connectivity index (χ3v) is 1.32. The van der Waals surface area contributed by atoms with Crippen molar-refractivity contribution < 1.29 is 9.47 Å². The predicted octanol–water partition coefficient (Wildman–Crippen LogP) is 2.27. The highest BCUT2D eigenvalue weighted by Crippen LogP contribution is 2.07. The lowest BCUT2D eigenvalue weighted by atomic mass is 10.3. The van der Waals surface area contributed by atoms with Gasteiger partial charge in [-0.3, -0.25) is 0 Å². The summed E-state index contributed by atoms with van der Waals surface area (Å²) >= 11 is 0. The molecule has 0 N–H and O–H groups in total. The zero-order valence-electron chi connectivity index (χ0n) is 7.61. The van der Waals surface area contributed by atoms with Crippen LogP contribution < -0.4 is 4.74 Å². The van der Waals surface area contributed by atoms with Gasteiger partial charge in [0.1, 0.15) is 12.4 Å². The summed E-state index contributed by atoms with van der Waals surface area (Å²) < 4.78 is 9.74. The van der Waals surface area contributed by atoms with Gasteiger partial charge in [0, 0.05) is 0 Å². The predicted molar refractivity (Wildman–Crippen MR) is 53.0 cm³/mol. The fourth-order valence-electron chi connectivity index (χ4n) is 0.672. The minimum Gasteiger partial charge on any atom is -0.490 e. The fourth-order valence-corrected chi connectivity index (χ4v) is 0.672. The molecule has 2 nitrogen and oxygen atoms in total. The van der Waals surface area contributed by atoms with Crippen LogP contribution in [0.4, 0.5) is 0 Å². The molecule has 0 radical (unpaired) electrons. The van der Waals surface area contributed by atoms with E-state index >= 15 is 0 Å². The van der Waals surface area contributed by atoms with Crippen molar-refractivity contribution in [2.75, 3.05) is 19.8 Å². The van der Waals surface area contributed by atoms with Crippen molar-refractivity contribution in [1.82, 2.24) is 0 Å². The summed E-state index contributed by atoms with van der Waals surface area (Å²) in [6, 6.07) is 9.69. The summed E-state index contributed by atoms with van der Waals surface area (Å²) in [6.45, 7) is 6.12. The van der Waals surface area contributed by atoms with Gasteiger partial charge in [-0.2, -0.15) is 0 Å². The van der Waals surface area contributed by atoms with E-state index in [9.17, 15) is 0 Å². The van der Waals surface area contributed by atoms with E-state index in [-0.39, 0.29) is 0 Å². The first-order chi connectivity index (χ1) is 6.43. The van der Waals surface area contributed by atoms with Gasteiger partial charge in [0.05, 0.1) is 13.2 Å². The van der Waals surface area contributed by atoms with Crippen molar-refractivity contribution >= 4 is 0 Å². The van der Waals surface area contributed by atoms with Crippen LogP contribution in [0.5, 0.6) is 5.75 Å². The topological polar surface area (TPSA) is 21.8 Å². The summed E-state index contributed by atoms with van der Waals surface area (Å²) in [5.41, 5.74) is 0. The molecule has 0 aromatic heterocycles. The largest absolute Gasteiger partial charge is 0.490 e. The Morgan fingerprint density at radius 1 is 1.31 bits per heavy atom. The highest BCUT2D eigenvalue weighted by atomic mass is 16.6. The number of rotatable bonds is 3. The van der Waals surface area contributed by atoms with Crippen LogP contribution >= 0.6 is 0 Å². The highest BCUT2D eigenvalue weighted by Gasteiger charge is 1.94. The molecule has 13 heavy (non-hydrogen) atoms. The Morgan fingerprint density at radius 3 is 2.38 bits per heavy atom. The Balaban J connectivity index is 0.000000236. The summed E-state index contributed by atoms with van der Waals surface area (Å²) in [5, 5.41) is 0. The smallest absolute Gasteiger partial charge is 0.119 e. The molecule has 70 valence electrons. The van der Waals surface area contributed by atoms with Crippen LogP contribution in [0.2, 0.25) is 0 Å². The number of ether oxygens (including phenoxy) is 2. The van der Waals surface area contributed by atoms with E-state index in [1.807, 2.05) is 30.3 Å². The molecule has 2 heteroatoms. The second-order valence-electron chi connectivity index (χ2n) is 2.53. The second-order valence-corrected chi connectivity index (χ2v) is 2.53. The minimum atomic E-state index is 0.573. The van der Waals surface area contributed by atoms with Gasteiger partial charge < -0.3 is 9.47 Å². The summed E-state index contributed by atoms with van der Waals surface area (Å²) in [5.74, 6) is 0.891. The van der Waals surface area contributed by atoms with E-state index in [4.69, 9.17) is 4.74 Å². The van der Waals surface area contributed by atoms with Crippen molar-refractivity contribution in [2.24, 2.45) is 0 Å². The molecule has 1 aromatic carbocycles. The van der Waals surface area contributed by atoms with Gasteiger partial charge in [-0.25, -0.2) is 0 Å². The summed E-state index contributed by atoms with van der Waals surface area (Å²) in [6.07, 6.45) is 1.73. The number of epoxide rings is 1. The monoisotopic (exact) mass is 178 g/mol. The van der Waals surface area contributed by atoms with Gasteiger partial charge in [0.2, 0.25) is 0 Å². The van der Waals surface area contributed by atoms with Gasteiger partial charge in [0.25, 0.3) is 0 Å². The van der Waals surface area contributed by atoms with Crippen molar-refractivity contribution in [1.29, 1.82) is 0 Å². The molecule has 0 spiro atoms. The van der Waals surface area contributed by atoms with Crippen LogP contribution in [0.25, 0.3) is 0 Å². The number of hydrogen-bond acceptors (Lipinski definition) is 2. The molecular weight excluding hydrogens is 164 g/mol. The lowest BCUT2D eigenvalue weighted by Gasteiger charge is -1.99. The molecular formula is C11H14O2. The van der Waals surface area contributed by atoms with E-state index < -0.39 is 0 Å². The molecule has 0 bridgehead atoms. The molecule has 0 atom stereocenters. The van der Waals surface area contributed by atoms with Crippen LogP contribution in [-0.2, 0) is 4.74 Å². The summed E-state index contributed by atoms with van der Waals surface area (Å²) in [4.78, 5) is 0. The molecule has 2 rings (SSSR count). The van der Waals surface area contributed by atoms with Gasteiger partial charge in [0.15, 0.2) is 0 Å². The third kappa shape index (κ3) is 5.93. The Bertz CT molecular complexity index is 226. The van der Waals surface area contributed by atoms with Crippen molar-refractivity contribution in [3.05, 3.63) is 43.0 Å². The third-order valence-electron chi connectivity index (χ3n) is 1.32. The maximum atomic E-state index is 5.24. The Hall–Kier alpha value is -1.28. The van der Waals surface area contributed by atoms with E-state index in [0.717, 1.165) is 19.0 Å². The maximum absolute atomic E-state index is 5.24. The van der Waals surface area contributed by atoms with Crippen LogP contribution in [-0.4, -0.2) is 19.8 Å². The van der Waals surface area contributed by atoms with E-state index in [1.54, 1.807) is 6.08 Å². The van der Waals surface area contributed by atoms with Crippen LogP contribution in [0.1, 0.15) is 0 Å². The molecule has 0 saturated carbocycles. The zero-order valence-corrected chi connectivity index (χ0v) is 7.61. The fraction of sp³-hybridized carbons (Fsp3) is 0.273. The molecule has 1 aliphatic rings. The van der Waals surface area contributed by atoms with Crippen LogP contribution in [0.3, 0.4) is 0 Å². The van der Waals surface area contributed by atoms with Crippen molar-refractivity contribution in [2.45, 2.75) is 0 Å². The Morgan fingerprint density at radius 2 is 1.92 bits per heavy atom. The van der Waals surface area contributed by atoms with Crippen molar-refractivity contribution in [3.8, 4) is 5.75 Å². The van der Waals surface area contributed by atoms with E-state index in [1.165, 1.54) is 0 Å². The highest BCUT2D eigenvalue weighted by molar-refractivity contribution is 5.20. The molecule has 1 fully saturated rings. The lowest BCUT2D eigenvalue weighted by Crippen LogP contribution is -1.91. The Kier molecular flexibility index (Phi) is 4.72. The molecule has 1 aromatic rings. The lowest BCUT2D eigenvalue weighted by molar-refractivity contribution is 0.363. The zero-order chi connectivity index (χ0) is 9.36. The molecule has 0 aliphatic carbocycles. The van der Waals surface area contributed by atoms with Gasteiger partial charge >= 0.3 is 0 Å². The molecule has 0 unspecified atom stereocenters. The molecule has 1 aliphatic heterocycles. The standard InChI is InChI=1S/C9H10O.C2H4O/c1-2-8-10-9-6-4-3-5-7-9;1-2-3-1/h2-7H,1,8H2;1-2H2.